The van der Waals surface area contributed by atoms with Gasteiger partial charge in [0, 0.05) is 0 Å². The Kier molecular flexibility index (Phi) is 3.95. The Bertz CT molecular complexity index is 269. The molecule has 0 aromatic heterocycles. The monoisotopic (exact) mass is 220 g/mol. The second kappa shape index (κ2) is 4.62. The Labute approximate surface area is 87.0 Å². The summed E-state index contributed by atoms with van der Waals surface area (Å²) in [5, 5.41) is 0. The zero-order chi connectivity index (χ0) is 10.8. The van der Waals surface area contributed by atoms with Gasteiger partial charge in [0.25, 0.3) is 10.1 Å². The molecule has 2 unspecified atom stereocenters. The molecule has 2 atom stereocenters. The molecule has 0 aromatic rings. The predicted molar refractivity (Wildman–Crippen MR) is 56.5 cm³/mol. The Morgan fingerprint density at radius 3 is 2.43 bits per heavy atom. The Morgan fingerprint density at radius 1 is 1.29 bits per heavy atom. The summed E-state index contributed by atoms with van der Waals surface area (Å²) < 4.78 is 26.9. The van der Waals surface area contributed by atoms with E-state index in [1.165, 1.54) is 6.42 Å². The number of hydrogen-bond acceptors (Lipinski definition) is 3. The molecule has 0 amide bonds. The Balaban J connectivity index is 2.48. The van der Waals surface area contributed by atoms with Crippen molar-refractivity contribution >= 4 is 10.1 Å². The van der Waals surface area contributed by atoms with Gasteiger partial charge in [0.05, 0.1) is 12.4 Å². The maximum atomic E-state index is 11.0. The van der Waals surface area contributed by atoms with Crippen LogP contribution in [0.1, 0.15) is 39.5 Å². The van der Waals surface area contributed by atoms with Crippen molar-refractivity contribution in [2.24, 2.45) is 11.8 Å². The van der Waals surface area contributed by atoms with Crippen LogP contribution in [0.3, 0.4) is 0 Å². The van der Waals surface area contributed by atoms with Gasteiger partial charge in [0.15, 0.2) is 0 Å². The molecule has 84 valence electrons. The van der Waals surface area contributed by atoms with E-state index < -0.39 is 10.1 Å². The topological polar surface area (TPSA) is 43.4 Å². The van der Waals surface area contributed by atoms with Gasteiger partial charge < -0.3 is 0 Å². The van der Waals surface area contributed by atoms with Gasteiger partial charge in [-0.2, -0.15) is 8.42 Å². The minimum absolute atomic E-state index is 0.0776. The fourth-order valence-electron chi connectivity index (χ4n) is 2.12. The first-order valence-electron chi connectivity index (χ1n) is 5.26. The average Bonchev–Trinajstić information content (AvgIpc) is 2.01. The van der Waals surface area contributed by atoms with Crippen molar-refractivity contribution in [2.45, 2.75) is 45.6 Å². The van der Waals surface area contributed by atoms with E-state index in [2.05, 4.69) is 13.8 Å². The molecular formula is C10H20O3S. The van der Waals surface area contributed by atoms with Crippen LogP contribution in [0.15, 0.2) is 0 Å². The summed E-state index contributed by atoms with van der Waals surface area (Å²) in [6.45, 7) is 4.38. The van der Waals surface area contributed by atoms with E-state index in [1.54, 1.807) is 0 Å². The summed E-state index contributed by atoms with van der Waals surface area (Å²) in [5.41, 5.74) is 0. The molecule has 0 aliphatic heterocycles. The van der Waals surface area contributed by atoms with Crippen LogP contribution in [0, 0.1) is 11.8 Å². The first kappa shape index (κ1) is 12.0. The molecule has 0 saturated heterocycles. The van der Waals surface area contributed by atoms with Crippen LogP contribution < -0.4 is 0 Å². The molecule has 1 saturated carbocycles. The van der Waals surface area contributed by atoms with Gasteiger partial charge in [-0.25, -0.2) is 0 Å². The standard InChI is InChI=1S/C10H20O3S/c1-8(2)9-5-4-6-10(7-9)13-14(3,11)12/h8-10H,4-7H2,1-3H3. The smallest absolute Gasteiger partial charge is 0.264 e. The Morgan fingerprint density at radius 2 is 1.93 bits per heavy atom. The van der Waals surface area contributed by atoms with Crippen molar-refractivity contribution in [3.63, 3.8) is 0 Å². The molecule has 1 aliphatic rings. The van der Waals surface area contributed by atoms with Crippen molar-refractivity contribution in [1.29, 1.82) is 0 Å². The molecule has 1 rings (SSSR count). The summed E-state index contributed by atoms with van der Waals surface area (Å²) in [6, 6.07) is 0. The molecule has 1 fully saturated rings. The molecule has 4 heteroatoms. The lowest BCUT2D eigenvalue weighted by Gasteiger charge is -2.30. The van der Waals surface area contributed by atoms with E-state index in [9.17, 15) is 8.42 Å². The van der Waals surface area contributed by atoms with Crippen LogP contribution in [0.2, 0.25) is 0 Å². The normalized spacial score (nSPS) is 29.4. The highest BCUT2D eigenvalue weighted by Crippen LogP contribution is 2.31. The van der Waals surface area contributed by atoms with Crippen LogP contribution in [0.5, 0.6) is 0 Å². The third-order valence-corrected chi connectivity index (χ3v) is 3.54. The molecule has 3 nitrogen and oxygen atoms in total. The fourth-order valence-corrected chi connectivity index (χ4v) is 2.79. The van der Waals surface area contributed by atoms with E-state index in [1.807, 2.05) is 0 Å². The fraction of sp³-hybridized carbons (Fsp3) is 1.00. The summed E-state index contributed by atoms with van der Waals surface area (Å²) in [6.07, 6.45) is 5.13. The first-order valence-corrected chi connectivity index (χ1v) is 7.08. The van der Waals surface area contributed by atoms with E-state index in [0.717, 1.165) is 25.5 Å². The van der Waals surface area contributed by atoms with Crippen LogP contribution in [0.25, 0.3) is 0 Å². The SMILES string of the molecule is CC(C)C1CCCC(OS(C)(=O)=O)C1. The van der Waals surface area contributed by atoms with E-state index >= 15 is 0 Å². The maximum absolute atomic E-state index is 11.0. The predicted octanol–water partition coefficient (Wildman–Crippen LogP) is 2.18. The van der Waals surface area contributed by atoms with Gasteiger partial charge in [-0.05, 0) is 24.7 Å². The molecule has 0 N–H and O–H groups in total. The van der Waals surface area contributed by atoms with Crippen LogP contribution in [-0.4, -0.2) is 20.8 Å². The summed E-state index contributed by atoms with van der Waals surface area (Å²) in [7, 11) is -3.27. The van der Waals surface area contributed by atoms with Gasteiger partial charge in [-0.1, -0.05) is 26.7 Å². The first-order chi connectivity index (χ1) is 6.38. The van der Waals surface area contributed by atoms with Gasteiger partial charge in [0.1, 0.15) is 0 Å². The minimum atomic E-state index is -3.27. The van der Waals surface area contributed by atoms with Crippen LogP contribution in [0.4, 0.5) is 0 Å². The molecule has 14 heavy (non-hydrogen) atoms. The van der Waals surface area contributed by atoms with E-state index in [0.29, 0.717) is 11.8 Å². The molecular weight excluding hydrogens is 200 g/mol. The molecule has 0 bridgehead atoms. The number of hydrogen-bond donors (Lipinski definition) is 0. The second-order valence-corrected chi connectivity index (χ2v) is 6.19. The molecule has 0 heterocycles. The molecule has 1 aliphatic carbocycles. The zero-order valence-corrected chi connectivity index (χ0v) is 10.0. The highest BCUT2D eigenvalue weighted by molar-refractivity contribution is 7.86. The highest BCUT2D eigenvalue weighted by atomic mass is 32.2. The maximum Gasteiger partial charge on any atom is 0.264 e. The van der Waals surface area contributed by atoms with E-state index in [4.69, 9.17) is 4.18 Å². The lowest BCUT2D eigenvalue weighted by molar-refractivity contribution is 0.113. The lowest BCUT2D eigenvalue weighted by Crippen LogP contribution is -2.27. The lowest BCUT2D eigenvalue weighted by atomic mass is 9.80. The molecule has 0 aromatic carbocycles. The van der Waals surface area contributed by atoms with Gasteiger partial charge >= 0.3 is 0 Å². The zero-order valence-electron chi connectivity index (χ0n) is 9.19. The largest absolute Gasteiger partial charge is 0.267 e. The Hall–Kier alpha value is -0.0900. The summed E-state index contributed by atoms with van der Waals surface area (Å²) in [5.74, 6) is 1.25. The van der Waals surface area contributed by atoms with Crippen LogP contribution in [-0.2, 0) is 14.3 Å². The third-order valence-electron chi connectivity index (χ3n) is 2.92. The minimum Gasteiger partial charge on any atom is -0.267 e. The quantitative estimate of drug-likeness (QED) is 0.685. The van der Waals surface area contributed by atoms with Crippen molar-refractivity contribution in [2.75, 3.05) is 6.26 Å². The van der Waals surface area contributed by atoms with Crippen molar-refractivity contribution in [1.82, 2.24) is 0 Å². The van der Waals surface area contributed by atoms with Crippen molar-refractivity contribution in [3.8, 4) is 0 Å². The highest BCUT2D eigenvalue weighted by Gasteiger charge is 2.26. The second-order valence-electron chi connectivity index (χ2n) is 4.59. The summed E-state index contributed by atoms with van der Waals surface area (Å²) in [4.78, 5) is 0. The van der Waals surface area contributed by atoms with Crippen LogP contribution >= 0.6 is 0 Å². The van der Waals surface area contributed by atoms with E-state index in [-0.39, 0.29) is 6.10 Å². The van der Waals surface area contributed by atoms with Gasteiger partial charge in [-0.3, -0.25) is 4.18 Å². The van der Waals surface area contributed by atoms with Crippen molar-refractivity contribution in [3.05, 3.63) is 0 Å². The third kappa shape index (κ3) is 3.96. The summed E-state index contributed by atoms with van der Waals surface area (Å²) >= 11 is 0. The molecule has 0 spiro atoms. The van der Waals surface area contributed by atoms with Gasteiger partial charge in [-0.15, -0.1) is 0 Å². The average molecular weight is 220 g/mol. The van der Waals surface area contributed by atoms with Gasteiger partial charge in [0.2, 0.25) is 0 Å². The number of rotatable bonds is 3. The molecule has 0 radical (unpaired) electrons. The van der Waals surface area contributed by atoms with Crippen molar-refractivity contribution < 1.29 is 12.6 Å².